The lowest BCUT2D eigenvalue weighted by molar-refractivity contribution is -0.368. The van der Waals surface area contributed by atoms with Gasteiger partial charge >= 0.3 is 11.9 Å². The van der Waals surface area contributed by atoms with Gasteiger partial charge in [0, 0.05) is 16.6 Å². The molecule has 16 nitrogen and oxygen atoms in total. The third-order valence-corrected chi connectivity index (χ3v) is 11.6. The topological polar surface area (TPSA) is 244 Å². The van der Waals surface area contributed by atoms with Crippen molar-refractivity contribution in [3.05, 3.63) is 35.8 Å². The SMILES string of the molecule is COC(=O)C1=CCCC2C3(C)CC(c4ccoc4)OC(=O)C3CC(OC3OC(CO)C(OC4OC(CO)C(O)C(O)C4O)C(O)C3O)C12C. The van der Waals surface area contributed by atoms with E-state index in [9.17, 15) is 45.3 Å². The van der Waals surface area contributed by atoms with Crippen molar-refractivity contribution in [1.82, 2.24) is 0 Å². The van der Waals surface area contributed by atoms with Crippen molar-refractivity contribution in [2.75, 3.05) is 20.3 Å². The van der Waals surface area contributed by atoms with E-state index in [-0.39, 0.29) is 12.3 Å². The first kappa shape index (κ1) is 36.3. The highest BCUT2D eigenvalue weighted by atomic mass is 16.7. The molecule has 16 atom stereocenters. The Hall–Kier alpha value is -2.48. The lowest BCUT2D eigenvalue weighted by Crippen LogP contribution is -2.66. The van der Waals surface area contributed by atoms with Gasteiger partial charge in [-0.2, -0.15) is 0 Å². The van der Waals surface area contributed by atoms with E-state index in [2.05, 4.69) is 0 Å². The average Bonchev–Trinajstić information content (AvgIpc) is 3.63. The summed E-state index contributed by atoms with van der Waals surface area (Å²) in [5.41, 5.74) is -0.663. The summed E-state index contributed by atoms with van der Waals surface area (Å²) in [5, 5.41) is 73.1. The number of carbonyl (C=O) groups is 2. The fraction of sp³-hybridized carbons (Fsp3) is 0.758. The molecule has 0 spiro atoms. The zero-order chi connectivity index (χ0) is 35.4. The van der Waals surface area contributed by atoms with Gasteiger partial charge in [0.2, 0.25) is 0 Å². The van der Waals surface area contributed by atoms with E-state index >= 15 is 0 Å². The van der Waals surface area contributed by atoms with Gasteiger partial charge in [-0.1, -0.05) is 19.9 Å². The fourth-order valence-corrected chi connectivity index (χ4v) is 8.88. The Morgan fingerprint density at radius 2 is 1.61 bits per heavy atom. The van der Waals surface area contributed by atoms with E-state index in [1.807, 2.05) is 13.8 Å². The molecule has 0 radical (unpaired) electrons. The monoisotopic (exact) mass is 698 g/mol. The van der Waals surface area contributed by atoms with Crippen LogP contribution in [0.4, 0.5) is 0 Å². The molecule has 49 heavy (non-hydrogen) atoms. The Balaban J connectivity index is 1.28. The Kier molecular flexibility index (Phi) is 10.3. The van der Waals surface area contributed by atoms with Crippen molar-refractivity contribution in [2.45, 2.75) is 113 Å². The molecule has 16 unspecified atom stereocenters. The third kappa shape index (κ3) is 6.04. The van der Waals surface area contributed by atoms with E-state index in [4.69, 9.17) is 32.8 Å². The molecule has 0 bridgehead atoms. The number of ether oxygens (including phenoxy) is 6. The molecule has 2 aliphatic carbocycles. The van der Waals surface area contributed by atoms with Gasteiger partial charge in [0.1, 0.15) is 54.9 Å². The van der Waals surface area contributed by atoms with Crippen LogP contribution in [-0.2, 0) is 38.0 Å². The van der Waals surface area contributed by atoms with Gasteiger partial charge in [0.15, 0.2) is 12.6 Å². The molecule has 274 valence electrons. The van der Waals surface area contributed by atoms with Crippen LogP contribution in [0.1, 0.15) is 51.2 Å². The third-order valence-electron chi connectivity index (χ3n) is 11.6. The minimum absolute atomic E-state index is 0.0615. The van der Waals surface area contributed by atoms with E-state index in [0.29, 0.717) is 24.8 Å². The molecule has 0 aromatic carbocycles. The van der Waals surface area contributed by atoms with Crippen LogP contribution in [0.5, 0.6) is 0 Å². The van der Waals surface area contributed by atoms with Crippen molar-refractivity contribution in [2.24, 2.45) is 22.7 Å². The summed E-state index contributed by atoms with van der Waals surface area (Å²) in [6.07, 6.45) is -11.4. The number of methoxy groups -OCH3 is 1. The van der Waals surface area contributed by atoms with Crippen LogP contribution < -0.4 is 0 Å². The first-order valence-corrected chi connectivity index (χ1v) is 16.6. The largest absolute Gasteiger partial charge is 0.472 e. The lowest BCUT2D eigenvalue weighted by Gasteiger charge is -2.62. The average molecular weight is 699 g/mol. The summed E-state index contributed by atoms with van der Waals surface area (Å²) in [4.78, 5) is 27.0. The molecule has 6 rings (SSSR count). The second-order valence-corrected chi connectivity index (χ2v) is 14.1. The van der Waals surface area contributed by atoms with Gasteiger partial charge in [-0.15, -0.1) is 0 Å². The molecule has 1 aromatic rings. The summed E-state index contributed by atoms with van der Waals surface area (Å²) in [7, 11) is 1.28. The number of cyclic esters (lactones) is 1. The highest BCUT2D eigenvalue weighted by Crippen LogP contribution is 2.65. The Bertz CT molecular complexity index is 1360. The normalized spacial score (nSPS) is 47.0. The Morgan fingerprint density at radius 3 is 2.27 bits per heavy atom. The number of aliphatic hydroxyl groups excluding tert-OH is 7. The zero-order valence-corrected chi connectivity index (χ0v) is 27.4. The lowest BCUT2D eigenvalue weighted by atomic mass is 9.44. The first-order valence-electron chi connectivity index (χ1n) is 16.6. The molecule has 16 heteroatoms. The molecule has 3 saturated heterocycles. The summed E-state index contributed by atoms with van der Waals surface area (Å²) < 4.78 is 39.8. The molecular formula is C33H46O16. The number of hydrogen-bond donors (Lipinski definition) is 7. The van der Waals surface area contributed by atoms with Crippen molar-refractivity contribution >= 4 is 11.9 Å². The van der Waals surface area contributed by atoms with Crippen LogP contribution in [-0.4, -0.2) is 136 Å². The van der Waals surface area contributed by atoms with Crippen LogP contribution in [0, 0.1) is 22.7 Å². The summed E-state index contributed by atoms with van der Waals surface area (Å²) in [6, 6.07) is 1.75. The maximum atomic E-state index is 13.7. The number of hydrogen-bond acceptors (Lipinski definition) is 16. The van der Waals surface area contributed by atoms with Crippen molar-refractivity contribution in [1.29, 1.82) is 0 Å². The predicted octanol–water partition coefficient (Wildman–Crippen LogP) is -1.18. The summed E-state index contributed by atoms with van der Waals surface area (Å²) >= 11 is 0. The van der Waals surface area contributed by atoms with Crippen molar-refractivity contribution in [3.8, 4) is 0 Å². The number of fused-ring (bicyclic) bond motifs is 3. The number of aliphatic hydroxyl groups is 7. The van der Waals surface area contributed by atoms with E-state index in [1.54, 1.807) is 12.1 Å². The minimum atomic E-state index is -1.82. The highest BCUT2D eigenvalue weighted by molar-refractivity contribution is 5.90. The zero-order valence-electron chi connectivity index (χ0n) is 27.4. The van der Waals surface area contributed by atoms with Crippen LogP contribution in [0.3, 0.4) is 0 Å². The van der Waals surface area contributed by atoms with Crippen LogP contribution in [0.15, 0.2) is 34.7 Å². The minimum Gasteiger partial charge on any atom is -0.472 e. The molecule has 4 fully saturated rings. The van der Waals surface area contributed by atoms with E-state index < -0.39 is 116 Å². The summed E-state index contributed by atoms with van der Waals surface area (Å²) in [6.45, 7) is 2.39. The first-order chi connectivity index (χ1) is 23.3. The molecule has 0 amide bonds. The number of esters is 2. The highest BCUT2D eigenvalue weighted by Gasteiger charge is 2.66. The van der Waals surface area contributed by atoms with Gasteiger partial charge in [-0.25, -0.2) is 4.79 Å². The van der Waals surface area contributed by atoms with Crippen LogP contribution in [0.25, 0.3) is 0 Å². The number of furan rings is 1. The molecular weight excluding hydrogens is 652 g/mol. The molecule has 7 N–H and O–H groups in total. The van der Waals surface area contributed by atoms with E-state index in [1.165, 1.54) is 19.6 Å². The second kappa shape index (κ2) is 13.9. The molecule has 1 saturated carbocycles. The molecule has 1 aromatic heterocycles. The number of rotatable bonds is 8. The molecule has 5 aliphatic rings. The second-order valence-electron chi connectivity index (χ2n) is 14.1. The predicted molar refractivity (Wildman–Crippen MR) is 161 cm³/mol. The molecule has 4 heterocycles. The Labute approximate surface area is 282 Å². The maximum Gasteiger partial charge on any atom is 0.334 e. The van der Waals surface area contributed by atoms with Gasteiger partial charge < -0.3 is 68.6 Å². The van der Waals surface area contributed by atoms with Crippen molar-refractivity contribution < 1.29 is 78.2 Å². The van der Waals surface area contributed by atoms with Crippen LogP contribution >= 0.6 is 0 Å². The summed E-state index contributed by atoms with van der Waals surface area (Å²) in [5.74, 6) is -2.00. The Morgan fingerprint density at radius 1 is 0.939 bits per heavy atom. The smallest absolute Gasteiger partial charge is 0.334 e. The van der Waals surface area contributed by atoms with Gasteiger partial charge in [0.05, 0.1) is 44.9 Å². The quantitative estimate of drug-likeness (QED) is 0.158. The van der Waals surface area contributed by atoms with Gasteiger partial charge in [-0.05, 0) is 43.1 Å². The number of allylic oxidation sites excluding steroid dienone is 1. The van der Waals surface area contributed by atoms with Crippen molar-refractivity contribution in [3.63, 3.8) is 0 Å². The van der Waals surface area contributed by atoms with Gasteiger partial charge in [0.25, 0.3) is 0 Å². The fourth-order valence-electron chi connectivity index (χ4n) is 8.88. The standard InChI is InChI=1S/C33H46O16/c1-32-10-17(14-7-8-44-13-14)45-29(42)16(32)9-21(33(2)15(28(41)43-3)5-4-6-20(32)33)48-30-26(40)24(38)27(19(12-35)47-30)49-31-25(39)23(37)22(36)18(11-34)46-31/h5,7-8,13,16-27,30-31,34-40H,4,6,9-12H2,1-3H3. The molecule has 3 aliphatic heterocycles. The van der Waals surface area contributed by atoms with Crippen LogP contribution in [0.2, 0.25) is 0 Å². The maximum absolute atomic E-state index is 13.7. The van der Waals surface area contributed by atoms with E-state index in [0.717, 1.165) is 5.56 Å². The number of carbonyl (C=O) groups excluding carboxylic acids is 2. The van der Waals surface area contributed by atoms with Gasteiger partial charge in [-0.3, -0.25) is 4.79 Å².